The molecule has 8 heteroatoms. The minimum atomic E-state index is -3.68. The van der Waals surface area contributed by atoms with E-state index in [1.165, 1.54) is 18.2 Å². The van der Waals surface area contributed by atoms with Crippen molar-refractivity contribution in [2.75, 3.05) is 46.8 Å². The monoisotopic (exact) mass is 398 g/mol. The van der Waals surface area contributed by atoms with Crippen LogP contribution in [0.3, 0.4) is 0 Å². The van der Waals surface area contributed by atoms with Gasteiger partial charge >= 0.3 is 0 Å². The van der Waals surface area contributed by atoms with Crippen LogP contribution in [0, 0.1) is 11.3 Å². The fourth-order valence-corrected chi connectivity index (χ4v) is 5.05. The first-order valence-electron chi connectivity index (χ1n) is 8.88. The van der Waals surface area contributed by atoms with E-state index < -0.39 is 10.0 Å². The van der Waals surface area contributed by atoms with E-state index in [1.807, 2.05) is 25.1 Å². The predicted octanol–water partition coefficient (Wildman–Crippen LogP) is 2.25. The minimum Gasteiger partial charge on any atom is -0.308 e. The third-order valence-corrected chi connectivity index (χ3v) is 6.99. The topological polar surface area (TPSA) is 67.7 Å². The normalized spacial score (nSPS) is 18.6. The standard InChI is InChI=1S/C18H27ClN4O2S/c1-4-22-9-5-6-16(22)14-23(11-10-21(2)3)26(24,25)17-8-7-15(13-20)18(19)12-17/h7-8,12,16H,4-6,9-11,14H2,1-3H3. The van der Waals surface area contributed by atoms with E-state index in [2.05, 4.69) is 11.8 Å². The molecular formula is C18H27ClN4O2S. The predicted molar refractivity (Wildman–Crippen MR) is 104 cm³/mol. The summed E-state index contributed by atoms with van der Waals surface area (Å²) in [5.41, 5.74) is 0.276. The molecule has 1 aromatic rings. The van der Waals surface area contributed by atoms with Crippen LogP contribution in [0.15, 0.2) is 23.1 Å². The third kappa shape index (κ3) is 4.96. The number of hydrogen-bond donors (Lipinski definition) is 0. The maximum atomic E-state index is 13.2. The Hall–Kier alpha value is -1.17. The molecule has 0 spiro atoms. The number of hydrogen-bond acceptors (Lipinski definition) is 5. The van der Waals surface area contributed by atoms with Gasteiger partial charge in [0.05, 0.1) is 15.5 Å². The molecule has 6 nitrogen and oxygen atoms in total. The number of benzene rings is 1. The molecule has 0 amide bonds. The average molecular weight is 399 g/mol. The van der Waals surface area contributed by atoms with Crippen molar-refractivity contribution in [1.29, 1.82) is 5.26 Å². The SMILES string of the molecule is CCN1CCCC1CN(CCN(C)C)S(=O)(=O)c1ccc(C#N)c(Cl)c1. The first-order chi connectivity index (χ1) is 12.3. The van der Waals surface area contributed by atoms with E-state index in [-0.39, 0.29) is 21.5 Å². The first kappa shape index (κ1) is 21.1. The van der Waals surface area contributed by atoms with Crippen molar-refractivity contribution in [3.05, 3.63) is 28.8 Å². The molecule has 0 bridgehead atoms. The highest BCUT2D eigenvalue weighted by Gasteiger charge is 2.31. The highest BCUT2D eigenvalue weighted by molar-refractivity contribution is 7.89. The number of likely N-dealkylation sites (tertiary alicyclic amines) is 1. The van der Waals surface area contributed by atoms with Gasteiger partial charge in [-0.2, -0.15) is 9.57 Å². The summed E-state index contributed by atoms with van der Waals surface area (Å²) in [6.45, 7) is 5.59. The van der Waals surface area contributed by atoms with Crippen molar-refractivity contribution in [2.24, 2.45) is 0 Å². The Bertz CT molecular complexity index is 761. The summed E-state index contributed by atoms with van der Waals surface area (Å²) in [5, 5.41) is 9.17. The van der Waals surface area contributed by atoms with Gasteiger partial charge in [0.25, 0.3) is 0 Å². The maximum absolute atomic E-state index is 13.2. The molecule has 0 aliphatic carbocycles. The molecule has 144 valence electrons. The van der Waals surface area contributed by atoms with Gasteiger partial charge in [-0.25, -0.2) is 8.42 Å². The Morgan fingerprint density at radius 2 is 2.08 bits per heavy atom. The van der Waals surface area contributed by atoms with Gasteiger partial charge in [0.2, 0.25) is 10.0 Å². The second-order valence-corrected chi connectivity index (χ2v) is 9.19. The van der Waals surface area contributed by atoms with Gasteiger partial charge in [-0.3, -0.25) is 4.90 Å². The van der Waals surface area contributed by atoms with E-state index in [0.717, 1.165) is 25.9 Å². The Balaban J connectivity index is 2.30. The number of likely N-dealkylation sites (N-methyl/N-ethyl adjacent to an activating group) is 2. The summed E-state index contributed by atoms with van der Waals surface area (Å²) in [6.07, 6.45) is 2.11. The summed E-state index contributed by atoms with van der Waals surface area (Å²) in [6, 6.07) is 6.51. The number of halogens is 1. The average Bonchev–Trinajstić information content (AvgIpc) is 3.05. The van der Waals surface area contributed by atoms with E-state index in [9.17, 15) is 8.42 Å². The molecule has 0 N–H and O–H groups in total. The molecule has 26 heavy (non-hydrogen) atoms. The molecule has 1 aliphatic heterocycles. The summed E-state index contributed by atoms with van der Waals surface area (Å²) in [7, 11) is 0.179. The van der Waals surface area contributed by atoms with Crippen LogP contribution in [0.4, 0.5) is 0 Å². The van der Waals surface area contributed by atoms with Crippen LogP contribution < -0.4 is 0 Å². The molecule has 0 saturated carbocycles. The highest BCUT2D eigenvalue weighted by Crippen LogP contribution is 2.25. The quantitative estimate of drug-likeness (QED) is 0.671. The molecule has 1 atom stereocenters. The van der Waals surface area contributed by atoms with E-state index in [0.29, 0.717) is 19.6 Å². The molecule has 1 heterocycles. The lowest BCUT2D eigenvalue weighted by Gasteiger charge is -2.30. The zero-order chi connectivity index (χ0) is 19.3. The van der Waals surface area contributed by atoms with Gasteiger partial charge in [0.15, 0.2) is 0 Å². The summed E-state index contributed by atoms with van der Waals surface area (Å²) in [5.74, 6) is 0. The van der Waals surface area contributed by atoms with Crippen LogP contribution in [0.1, 0.15) is 25.3 Å². The van der Waals surface area contributed by atoms with Crippen LogP contribution in [0.25, 0.3) is 0 Å². The van der Waals surface area contributed by atoms with E-state index in [1.54, 1.807) is 4.31 Å². The van der Waals surface area contributed by atoms with Gasteiger partial charge in [0.1, 0.15) is 6.07 Å². The molecule has 1 unspecified atom stereocenters. The second kappa shape index (κ2) is 9.16. The molecule has 1 fully saturated rings. The summed E-state index contributed by atoms with van der Waals surface area (Å²) in [4.78, 5) is 4.45. The lowest BCUT2D eigenvalue weighted by Crippen LogP contribution is -2.45. The van der Waals surface area contributed by atoms with Gasteiger partial charge < -0.3 is 4.90 Å². The van der Waals surface area contributed by atoms with Crippen molar-refractivity contribution in [2.45, 2.75) is 30.7 Å². The lowest BCUT2D eigenvalue weighted by atomic mass is 10.2. The van der Waals surface area contributed by atoms with E-state index >= 15 is 0 Å². The Labute approximate surface area is 162 Å². The zero-order valence-corrected chi connectivity index (χ0v) is 17.2. The Kier molecular flexibility index (Phi) is 7.44. The maximum Gasteiger partial charge on any atom is 0.243 e. The lowest BCUT2D eigenvalue weighted by molar-refractivity contribution is 0.220. The molecule has 1 aliphatic rings. The van der Waals surface area contributed by atoms with Crippen LogP contribution in [-0.4, -0.2) is 75.4 Å². The molecule has 1 saturated heterocycles. The fourth-order valence-electron chi connectivity index (χ4n) is 3.27. The second-order valence-electron chi connectivity index (χ2n) is 6.84. The molecule has 0 radical (unpaired) electrons. The van der Waals surface area contributed by atoms with Crippen molar-refractivity contribution in [3.63, 3.8) is 0 Å². The summed E-state index contributed by atoms with van der Waals surface area (Å²) >= 11 is 6.06. The number of sulfonamides is 1. The highest BCUT2D eigenvalue weighted by atomic mass is 35.5. The molecule has 1 aromatic carbocycles. The number of rotatable bonds is 8. The number of nitriles is 1. The van der Waals surface area contributed by atoms with Crippen LogP contribution in [0.5, 0.6) is 0 Å². The largest absolute Gasteiger partial charge is 0.308 e. The van der Waals surface area contributed by atoms with Crippen molar-refractivity contribution in [3.8, 4) is 6.07 Å². The Morgan fingerprint density at radius 1 is 1.35 bits per heavy atom. The van der Waals surface area contributed by atoms with E-state index in [4.69, 9.17) is 16.9 Å². The molecule has 0 aromatic heterocycles. The smallest absolute Gasteiger partial charge is 0.243 e. The van der Waals surface area contributed by atoms with Gasteiger partial charge in [0, 0.05) is 25.7 Å². The number of nitrogens with zero attached hydrogens (tertiary/aromatic N) is 4. The zero-order valence-electron chi connectivity index (χ0n) is 15.7. The van der Waals surface area contributed by atoms with Gasteiger partial charge in [-0.05, 0) is 58.2 Å². The molecule has 2 rings (SSSR count). The van der Waals surface area contributed by atoms with Crippen LogP contribution in [0.2, 0.25) is 5.02 Å². The van der Waals surface area contributed by atoms with Gasteiger partial charge in [-0.1, -0.05) is 18.5 Å². The first-order valence-corrected chi connectivity index (χ1v) is 10.7. The fraction of sp³-hybridized carbons (Fsp3) is 0.611. The van der Waals surface area contributed by atoms with Crippen molar-refractivity contribution >= 4 is 21.6 Å². The summed E-state index contributed by atoms with van der Waals surface area (Å²) < 4.78 is 28.0. The minimum absolute atomic E-state index is 0.140. The van der Waals surface area contributed by atoms with Gasteiger partial charge in [-0.15, -0.1) is 0 Å². The van der Waals surface area contributed by atoms with Crippen LogP contribution in [-0.2, 0) is 10.0 Å². The third-order valence-electron chi connectivity index (χ3n) is 4.82. The molecular weight excluding hydrogens is 372 g/mol. The van der Waals surface area contributed by atoms with Crippen LogP contribution >= 0.6 is 11.6 Å². The van der Waals surface area contributed by atoms with Crippen molar-refractivity contribution in [1.82, 2.24) is 14.1 Å². The van der Waals surface area contributed by atoms with Crippen molar-refractivity contribution < 1.29 is 8.42 Å². The Morgan fingerprint density at radius 3 is 2.65 bits per heavy atom.